The van der Waals surface area contributed by atoms with Crippen molar-refractivity contribution in [2.75, 3.05) is 12.8 Å². The quantitative estimate of drug-likeness (QED) is 0.280. The van der Waals surface area contributed by atoms with Crippen LogP contribution in [0.3, 0.4) is 0 Å². The number of nitrogens with one attached hydrogen (secondary N) is 1. The van der Waals surface area contributed by atoms with Gasteiger partial charge in [0.05, 0.1) is 12.8 Å². The summed E-state index contributed by atoms with van der Waals surface area (Å²) in [6.07, 6.45) is 7.98. The maximum atomic E-state index is 13.1. The topological polar surface area (TPSA) is 112 Å². The zero-order chi connectivity index (χ0) is 26.1. The van der Waals surface area contributed by atoms with Gasteiger partial charge < -0.3 is 14.9 Å². The molecule has 0 aliphatic rings. The molecule has 2 heterocycles. The van der Waals surface area contributed by atoms with Gasteiger partial charge >= 0.3 is 11.7 Å². The Morgan fingerprint density at radius 1 is 1.23 bits per heavy atom. The Morgan fingerprint density at radius 3 is 2.57 bits per heavy atom. The summed E-state index contributed by atoms with van der Waals surface area (Å²) < 4.78 is 9.95. The van der Waals surface area contributed by atoms with Crippen molar-refractivity contribution in [3.63, 3.8) is 0 Å². The van der Waals surface area contributed by atoms with Crippen LogP contribution in [0.5, 0.6) is 0 Å². The second kappa shape index (κ2) is 13.1. The summed E-state index contributed by atoms with van der Waals surface area (Å²) in [4.78, 5) is 39.1. The van der Waals surface area contributed by atoms with Crippen LogP contribution in [0.2, 0.25) is 0 Å². The van der Waals surface area contributed by atoms with E-state index in [9.17, 15) is 14.4 Å². The van der Waals surface area contributed by atoms with E-state index in [1.807, 2.05) is 19.9 Å². The molecule has 0 radical (unpaired) electrons. The van der Waals surface area contributed by atoms with Crippen molar-refractivity contribution in [3.05, 3.63) is 67.0 Å². The van der Waals surface area contributed by atoms with E-state index in [1.54, 1.807) is 30.4 Å². The Kier molecular flexibility index (Phi) is 10.5. The number of alkyl carbamates (subject to hydrolysis) is 1. The Balaban J connectivity index is 2.13. The molecule has 3 N–H and O–H groups in total. The Labute approximate surface area is 211 Å². The third-order valence-electron chi connectivity index (χ3n) is 5.67. The number of anilines is 1. The highest BCUT2D eigenvalue weighted by molar-refractivity contribution is 7.13. The van der Waals surface area contributed by atoms with Crippen molar-refractivity contribution >= 4 is 35.0 Å². The van der Waals surface area contributed by atoms with Gasteiger partial charge in [-0.3, -0.25) is 10.1 Å². The summed E-state index contributed by atoms with van der Waals surface area (Å²) >= 11 is 1.67. The van der Waals surface area contributed by atoms with Crippen molar-refractivity contribution in [1.29, 1.82) is 0 Å². The number of ketones is 1. The fraction of sp³-hybridized carbons (Fsp3) is 0.444. The molecule has 2 rings (SSSR count). The highest BCUT2D eigenvalue weighted by Crippen LogP contribution is 2.28. The van der Waals surface area contributed by atoms with Gasteiger partial charge in [-0.25, -0.2) is 9.59 Å². The van der Waals surface area contributed by atoms with Crippen LogP contribution in [0, 0.1) is 12.8 Å². The van der Waals surface area contributed by atoms with E-state index in [0.29, 0.717) is 30.1 Å². The number of methoxy groups -OCH3 is 1. The number of hydrogen-bond donors (Lipinski definition) is 2. The maximum Gasteiger partial charge on any atom is 0.410 e. The molecule has 1 amide bonds. The third kappa shape index (κ3) is 8.24. The maximum absolute atomic E-state index is 13.1. The lowest BCUT2D eigenvalue weighted by molar-refractivity contribution is 0.103. The minimum Gasteiger partial charge on any atom is -0.453 e. The monoisotopic (exact) mass is 500 g/mol. The van der Waals surface area contributed by atoms with Gasteiger partial charge in [0.15, 0.2) is 5.78 Å². The molecule has 0 aromatic carbocycles. The number of nitrogens with two attached hydrogens (primary N) is 1. The Hall–Kier alpha value is -3.13. The van der Waals surface area contributed by atoms with Gasteiger partial charge in [0.25, 0.3) is 0 Å². The fourth-order valence-electron chi connectivity index (χ4n) is 3.48. The lowest BCUT2D eigenvalue weighted by atomic mass is 9.99. The van der Waals surface area contributed by atoms with Crippen LogP contribution >= 0.6 is 11.3 Å². The average Bonchev–Trinajstić information content (AvgIpc) is 3.15. The van der Waals surface area contributed by atoms with Crippen LogP contribution in [0.15, 0.2) is 39.2 Å². The van der Waals surface area contributed by atoms with Gasteiger partial charge in [-0.15, -0.1) is 11.3 Å². The molecule has 0 aliphatic heterocycles. The molecule has 0 aliphatic carbocycles. The highest BCUT2D eigenvalue weighted by Gasteiger charge is 2.21. The van der Waals surface area contributed by atoms with Crippen LogP contribution in [-0.2, 0) is 11.2 Å². The van der Waals surface area contributed by atoms with Crippen molar-refractivity contribution in [2.24, 2.45) is 5.92 Å². The number of carbonyl (C=O) groups excluding carboxylic acids is 2. The van der Waals surface area contributed by atoms with E-state index in [4.69, 9.17) is 10.2 Å². The van der Waals surface area contributed by atoms with E-state index in [2.05, 4.69) is 30.0 Å². The predicted molar refractivity (Wildman–Crippen MR) is 142 cm³/mol. The summed E-state index contributed by atoms with van der Waals surface area (Å²) in [6, 6.07) is 3.72. The zero-order valence-electron chi connectivity index (χ0n) is 21.4. The molecule has 0 fully saturated rings. The molecule has 2 aromatic heterocycles. The summed E-state index contributed by atoms with van der Waals surface area (Å²) in [7, 11) is 1.29. The molecular weight excluding hydrogens is 464 g/mol. The Bertz CT molecular complexity index is 1160. The molecule has 0 spiro atoms. The number of thiophene rings is 1. The van der Waals surface area contributed by atoms with E-state index in [0.717, 1.165) is 23.3 Å². The molecule has 0 saturated carbocycles. The molecule has 1 atom stereocenters. The van der Waals surface area contributed by atoms with Crippen molar-refractivity contribution in [2.45, 2.75) is 66.2 Å². The highest BCUT2D eigenvalue weighted by atomic mass is 32.1. The van der Waals surface area contributed by atoms with Crippen molar-refractivity contribution in [3.8, 4) is 0 Å². The van der Waals surface area contributed by atoms with Gasteiger partial charge in [-0.1, -0.05) is 26.8 Å². The van der Waals surface area contributed by atoms with Gasteiger partial charge in [0.1, 0.15) is 11.3 Å². The smallest absolute Gasteiger partial charge is 0.410 e. The minimum absolute atomic E-state index is 0.105. The van der Waals surface area contributed by atoms with Crippen LogP contribution < -0.4 is 16.7 Å². The van der Waals surface area contributed by atoms with Crippen LogP contribution in [0.4, 0.5) is 10.5 Å². The van der Waals surface area contributed by atoms with Crippen LogP contribution in [0.1, 0.15) is 84.3 Å². The lowest BCUT2D eigenvalue weighted by Gasteiger charge is -2.11. The molecule has 8 heteroatoms. The molecule has 2 aromatic rings. The average molecular weight is 501 g/mol. The number of amides is 1. The first-order valence-electron chi connectivity index (χ1n) is 11.8. The minimum atomic E-state index is -0.729. The van der Waals surface area contributed by atoms with Crippen LogP contribution in [-0.4, -0.2) is 19.0 Å². The Morgan fingerprint density at radius 2 is 1.94 bits per heavy atom. The second-order valence-electron chi connectivity index (χ2n) is 9.13. The largest absolute Gasteiger partial charge is 0.453 e. The lowest BCUT2D eigenvalue weighted by Crippen LogP contribution is -2.19. The summed E-state index contributed by atoms with van der Waals surface area (Å²) in [5.74, 6) is 0.520. The van der Waals surface area contributed by atoms with Gasteiger partial charge in [0.2, 0.25) is 0 Å². The third-order valence-corrected chi connectivity index (χ3v) is 6.91. The molecular formula is C27H36N2O5S. The normalized spacial score (nSPS) is 12.8. The number of allylic oxidation sites excluding steroid dienone is 2. The zero-order valence-corrected chi connectivity index (χ0v) is 22.2. The number of hydrogen-bond acceptors (Lipinski definition) is 7. The SMILES string of the molecule is COC(=O)N/C=C/CCC(C)c1cc(N)c(C(=O)/C(C)=C/c2sc(CCC(C)C)cc2C)c(=O)o1. The molecule has 35 heavy (non-hydrogen) atoms. The molecule has 1 unspecified atom stereocenters. The summed E-state index contributed by atoms with van der Waals surface area (Å²) in [5.41, 5.74) is 6.94. The van der Waals surface area contributed by atoms with E-state index in [-0.39, 0.29) is 17.2 Å². The van der Waals surface area contributed by atoms with E-state index >= 15 is 0 Å². The van der Waals surface area contributed by atoms with E-state index < -0.39 is 17.5 Å². The number of rotatable bonds is 11. The number of nitrogen functional groups attached to an aromatic ring is 1. The number of carbonyl (C=O) groups is 2. The molecule has 0 bridgehead atoms. The molecule has 0 saturated heterocycles. The first kappa shape index (κ1) is 28.1. The first-order valence-corrected chi connectivity index (χ1v) is 12.6. The summed E-state index contributed by atoms with van der Waals surface area (Å²) in [6.45, 7) is 10.0. The first-order chi connectivity index (χ1) is 16.5. The second-order valence-corrected chi connectivity index (χ2v) is 10.3. The van der Waals surface area contributed by atoms with Crippen molar-refractivity contribution < 1.29 is 18.7 Å². The van der Waals surface area contributed by atoms with Gasteiger partial charge in [0, 0.05) is 27.9 Å². The van der Waals surface area contributed by atoms with Crippen molar-refractivity contribution in [1.82, 2.24) is 5.32 Å². The molecule has 190 valence electrons. The van der Waals surface area contributed by atoms with E-state index in [1.165, 1.54) is 18.2 Å². The van der Waals surface area contributed by atoms with Gasteiger partial charge in [-0.05, 0) is 68.7 Å². The van der Waals surface area contributed by atoms with Gasteiger partial charge in [-0.2, -0.15) is 0 Å². The standard InChI is InChI=1S/C27H36N2O5S/c1-16(2)10-11-20-13-18(4)23(35-20)14-19(5)25(30)24-21(28)15-22(34-26(24)31)17(3)9-7-8-12-29-27(32)33-6/h8,12-17H,7,9-11,28H2,1-6H3,(H,29,32)/b12-8+,19-14+. The summed E-state index contributed by atoms with van der Waals surface area (Å²) in [5, 5.41) is 2.45. The number of aryl methyl sites for hydroxylation is 2. The molecule has 7 nitrogen and oxygen atoms in total. The number of ether oxygens (including phenoxy) is 1. The fourth-order valence-corrected chi connectivity index (χ4v) is 4.67. The number of Topliss-reactive ketones (excluding diaryl/α,β-unsaturated/α-hetero) is 1. The predicted octanol–water partition coefficient (Wildman–Crippen LogP) is 6.22. The van der Waals surface area contributed by atoms with Crippen LogP contribution in [0.25, 0.3) is 6.08 Å².